The summed E-state index contributed by atoms with van der Waals surface area (Å²) < 4.78 is 5.19. The minimum absolute atomic E-state index is 0.0639. The van der Waals surface area contributed by atoms with Crippen LogP contribution in [0.5, 0.6) is 5.75 Å². The third kappa shape index (κ3) is 3.54. The van der Waals surface area contributed by atoms with Crippen LogP contribution in [0.1, 0.15) is 21.4 Å². The molecule has 0 spiro atoms. The van der Waals surface area contributed by atoms with Gasteiger partial charge in [0.05, 0.1) is 18.9 Å². The average Bonchev–Trinajstić information content (AvgIpc) is 3.37. The van der Waals surface area contributed by atoms with E-state index in [0.29, 0.717) is 5.75 Å². The molecule has 0 bridgehead atoms. The lowest BCUT2D eigenvalue weighted by atomic mass is 9.98. The topological polar surface area (TPSA) is 29.5 Å². The van der Waals surface area contributed by atoms with E-state index in [1.807, 2.05) is 24.3 Å². The number of ether oxygens (including phenoxy) is 1. The highest BCUT2D eigenvalue weighted by molar-refractivity contribution is 8.00. The molecular weight excluding hydrogens is 382 g/mol. The van der Waals surface area contributed by atoms with Crippen LogP contribution in [0.3, 0.4) is 0 Å². The molecule has 0 saturated heterocycles. The van der Waals surface area contributed by atoms with Crippen molar-refractivity contribution in [1.29, 1.82) is 0 Å². The van der Waals surface area contributed by atoms with Gasteiger partial charge in [0.15, 0.2) is 0 Å². The van der Waals surface area contributed by atoms with Gasteiger partial charge in [-0.05, 0) is 59.1 Å². The fraction of sp³-hybridized carbons (Fsp3) is 0.250. The molecule has 3 nitrogen and oxygen atoms in total. The molecule has 3 aromatic rings. The van der Waals surface area contributed by atoms with Gasteiger partial charge in [-0.15, -0.1) is 34.4 Å². The molecule has 0 N–H and O–H groups in total. The van der Waals surface area contributed by atoms with Crippen molar-refractivity contribution in [3.8, 4) is 5.75 Å². The molecule has 134 valence electrons. The molecule has 26 heavy (non-hydrogen) atoms. The van der Waals surface area contributed by atoms with Gasteiger partial charge in [-0.2, -0.15) is 0 Å². The van der Waals surface area contributed by atoms with Gasteiger partial charge < -0.3 is 9.64 Å². The van der Waals surface area contributed by atoms with E-state index in [2.05, 4.69) is 33.9 Å². The minimum atomic E-state index is 0.0639. The molecular formula is C20H19NO2S3. The van der Waals surface area contributed by atoms with Crippen LogP contribution >= 0.6 is 34.4 Å². The number of fused-ring (bicyclic) bond motifs is 1. The van der Waals surface area contributed by atoms with Crippen molar-refractivity contribution in [1.82, 2.24) is 4.90 Å². The molecule has 3 heterocycles. The van der Waals surface area contributed by atoms with E-state index in [1.165, 1.54) is 15.3 Å². The summed E-state index contributed by atoms with van der Waals surface area (Å²) in [7, 11) is 1.66. The lowest BCUT2D eigenvalue weighted by Gasteiger charge is -2.35. The van der Waals surface area contributed by atoms with Crippen molar-refractivity contribution in [2.75, 3.05) is 19.4 Å². The van der Waals surface area contributed by atoms with E-state index in [9.17, 15) is 4.79 Å². The SMILES string of the molecule is COc1ccc(SCC(=O)N2CCc3sccc3[C@H]2c2cccs2)cc1. The number of amides is 1. The smallest absolute Gasteiger partial charge is 0.233 e. The standard InChI is InChI=1S/C20H19NO2S3/c1-23-14-4-6-15(7-5-14)26-13-19(22)21-10-8-17-16(9-12-25-17)20(21)18-3-2-11-24-18/h2-7,9,11-12,20H,8,10,13H2,1H3/t20-/m0/s1. The highest BCUT2D eigenvalue weighted by Gasteiger charge is 2.33. The van der Waals surface area contributed by atoms with Crippen molar-refractivity contribution < 1.29 is 9.53 Å². The maximum atomic E-state index is 13.0. The largest absolute Gasteiger partial charge is 0.497 e. The maximum Gasteiger partial charge on any atom is 0.233 e. The first kappa shape index (κ1) is 17.6. The van der Waals surface area contributed by atoms with Crippen molar-refractivity contribution in [3.63, 3.8) is 0 Å². The normalized spacial score (nSPS) is 16.3. The van der Waals surface area contributed by atoms with Gasteiger partial charge in [0.2, 0.25) is 5.91 Å². The van der Waals surface area contributed by atoms with E-state index in [4.69, 9.17) is 4.74 Å². The lowest BCUT2D eigenvalue weighted by Crippen LogP contribution is -2.40. The first-order valence-corrected chi connectivity index (χ1v) is 11.2. The van der Waals surface area contributed by atoms with Crippen LogP contribution in [0.4, 0.5) is 0 Å². The molecule has 0 radical (unpaired) electrons. The minimum Gasteiger partial charge on any atom is -0.497 e. The Morgan fingerprint density at radius 1 is 1.19 bits per heavy atom. The van der Waals surface area contributed by atoms with E-state index >= 15 is 0 Å². The number of carbonyl (C=O) groups is 1. The van der Waals surface area contributed by atoms with Crippen LogP contribution in [-0.2, 0) is 11.2 Å². The molecule has 0 fully saturated rings. The van der Waals surface area contributed by atoms with E-state index < -0.39 is 0 Å². The molecule has 1 aliphatic heterocycles. The van der Waals surface area contributed by atoms with Crippen LogP contribution in [-0.4, -0.2) is 30.2 Å². The van der Waals surface area contributed by atoms with Gasteiger partial charge in [-0.25, -0.2) is 0 Å². The van der Waals surface area contributed by atoms with Gasteiger partial charge in [0, 0.05) is 21.2 Å². The number of benzene rings is 1. The van der Waals surface area contributed by atoms with E-state index in [1.54, 1.807) is 41.5 Å². The predicted octanol–water partition coefficient (Wildman–Crippen LogP) is 5.08. The number of thiophene rings is 2. The van der Waals surface area contributed by atoms with Crippen LogP contribution in [0, 0.1) is 0 Å². The number of methoxy groups -OCH3 is 1. The Balaban J connectivity index is 1.50. The van der Waals surface area contributed by atoms with Crippen LogP contribution in [0.2, 0.25) is 0 Å². The zero-order valence-electron chi connectivity index (χ0n) is 14.4. The van der Waals surface area contributed by atoms with Gasteiger partial charge in [-0.1, -0.05) is 6.07 Å². The van der Waals surface area contributed by atoms with Gasteiger partial charge >= 0.3 is 0 Å². The molecule has 4 rings (SSSR count). The molecule has 0 unspecified atom stereocenters. The number of thioether (sulfide) groups is 1. The van der Waals surface area contributed by atoms with E-state index in [-0.39, 0.29) is 11.9 Å². The third-order valence-electron chi connectivity index (χ3n) is 4.52. The summed E-state index contributed by atoms with van der Waals surface area (Å²) in [5.74, 6) is 1.48. The molecule has 1 aliphatic rings. The quantitative estimate of drug-likeness (QED) is 0.558. The highest BCUT2D eigenvalue weighted by atomic mass is 32.2. The lowest BCUT2D eigenvalue weighted by molar-refractivity contribution is -0.130. The van der Waals surface area contributed by atoms with Crippen LogP contribution < -0.4 is 4.74 Å². The number of hydrogen-bond donors (Lipinski definition) is 0. The van der Waals surface area contributed by atoms with E-state index in [0.717, 1.165) is 23.6 Å². The third-order valence-corrected chi connectivity index (χ3v) is 7.44. The molecule has 0 aliphatic carbocycles. The molecule has 2 aromatic heterocycles. The second kappa shape index (κ2) is 7.86. The molecule has 1 amide bonds. The summed E-state index contributed by atoms with van der Waals surface area (Å²) in [6, 6.07) is 14.3. The Labute approximate surface area is 165 Å². The maximum absolute atomic E-state index is 13.0. The molecule has 1 atom stereocenters. The summed E-state index contributed by atoms with van der Waals surface area (Å²) in [4.78, 5) is 18.8. The van der Waals surface area contributed by atoms with Crippen molar-refractivity contribution in [3.05, 3.63) is 68.5 Å². The monoisotopic (exact) mass is 401 g/mol. The van der Waals surface area contributed by atoms with Crippen LogP contribution in [0.15, 0.2) is 58.1 Å². The highest BCUT2D eigenvalue weighted by Crippen LogP contribution is 2.39. The number of carbonyl (C=O) groups excluding carboxylic acids is 1. The Morgan fingerprint density at radius 2 is 2.04 bits per heavy atom. The van der Waals surface area contributed by atoms with Crippen molar-refractivity contribution in [2.24, 2.45) is 0 Å². The summed E-state index contributed by atoms with van der Waals surface area (Å²) >= 11 is 5.11. The number of hydrogen-bond acceptors (Lipinski definition) is 5. The summed E-state index contributed by atoms with van der Waals surface area (Å²) in [5, 5.41) is 4.23. The summed E-state index contributed by atoms with van der Waals surface area (Å²) in [5.41, 5.74) is 1.30. The molecule has 0 saturated carbocycles. The Morgan fingerprint density at radius 3 is 2.77 bits per heavy atom. The zero-order valence-corrected chi connectivity index (χ0v) is 16.8. The van der Waals surface area contributed by atoms with Crippen molar-refractivity contribution in [2.45, 2.75) is 17.4 Å². The first-order chi connectivity index (χ1) is 12.8. The van der Waals surface area contributed by atoms with Crippen LogP contribution in [0.25, 0.3) is 0 Å². The number of nitrogens with zero attached hydrogens (tertiary/aromatic N) is 1. The average molecular weight is 402 g/mol. The Hall–Kier alpha value is -1.76. The summed E-state index contributed by atoms with van der Waals surface area (Å²) in [6.07, 6.45) is 0.952. The number of rotatable bonds is 5. The Kier molecular flexibility index (Phi) is 5.33. The summed E-state index contributed by atoms with van der Waals surface area (Å²) in [6.45, 7) is 0.790. The second-order valence-electron chi connectivity index (χ2n) is 6.02. The van der Waals surface area contributed by atoms with Gasteiger partial charge in [0.1, 0.15) is 5.75 Å². The first-order valence-electron chi connectivity index (χ1n) is 8.42. The van der Waals surface area contributed by atoms with Gasteiger partial charge in [-0.3, -0.25) is 4.79 Å². The molecule has 1 aromatic carbocycles. The zero-order chi connectivity index (χ0) is 17.9. The second-order valence-corrected chi connectivity index (χ2v) is 9.05. The fourth-order valence-corrected chi connectivity index (χ4v) is 5.78. The fourth-order valence-electron chi connectivity index (χ4n) is 3.24. The Bertz CT molecular complexity index is 871. The van der Waals surface area contributed by atoms with Gasteiger partial charge in [0.25, 0.3) is 0 Å². The predicted molar refractivity (Wildman–Crippen MR) is 110 cm³/mol. The van der Waals surface area contributed by atoms with Crippen molar-refractivity contribution >= 4 is 40.3 Å². The molecule has 6 heteroatoms.